The summed E-state index contributed by atoms with van der Waals surface area (Å²) in [6.45, 7) is 2.15. The zero-order valence-electron chi connectivity index (χ0n) is 17.0. The van der Waals surface area contributed by atoms with Crippen LogP contribution in [0.25, 0.3) is 0 Å². The van der Waals surface area contributed by atoms with Crippen LogP contribution in [0.2, 0.25) is 0 Å². The monoisotopic (exact) mass is 397 g/mol. The highest BCUT2D eigenvalue weighted by molar-refractivity contribution is 5.31. The molecule has 1 aliphatic carbocycles. The second-order valence-corrected chi connectivity index (χ2v) is 8.05. The third-order valence-corrected chi connectivity index (χ3v) is 6.02. The Hall–Kier alpha value is -2.25. The van der Waals surface area contributed by atoms with Crippen molar-refractivity contribution in [3.8, 4) is 6.07 Å². The average Bonchev–Trinajstić information content (AvgIpc) is 2.75. The molecule has 0 unspecified atom stereocenters. The standard InChI is InChI=1S/C25H29F2NO/c1-2-3-19-8-10-22(11-9-19)23-12-14-24(15-13-23)25(26,27)29-17-16-20-4-6-21(18-28)7-5-20/h4-7,12-15,19,22H,2-3,8-11,16-17H2,1H3/t19-,22-. The van der Waals surface area contributed by atoms with E-state index < -0.39 is 6.11 Å². The summed E-state index contributed by atoms with van der Waals surface area (Å²) < 4.78 is 33.7. The van der Waals surface area contributed by atoms with Crippen molar-refractivity contribution < 1.29 is 13.5 Å². The summed E-state index contributed by atoms with van der Waals surface area (Å²) >= 11 is 0. The first kappa shape index (κ1) is 21.5. The topological polar surface area (TPSA) is 33.0 Å². The Morgan fingerprint density at radius 3 is 2.24 bits per heavy atom. The molecule has 0 bridgehead atoms. The molecule has 0 aliphatic heterocycles. The van der Waals surface area contributed by atoms with Crippen molar-refractivity contribution in [2.75, 3.05) is 6.61 Å². The maximum absolute atomic E-state index is 14.4. The molecule has 154 valence electrons. The van der Waals surface area contributed by atoms with E-state index in [1.165, 1.54) is 37.8 Å². The molecule has 0 heterocycles. The Labute approximate surface area is 172 Å². The molecule has 2 nitrogen and oxygen atoms in total. The van der Waals surface area contributed by atoms with Crippen LogP contribution >= 0.6 is 0 Å². The highest BCUT2D eigenvalue weighted by atomic mass is 19.3. The van der Waals surface area contributed by atoms with Crippen LogP contribution < -0.4 is 0 Å². The first-order valence-corrected chi connectivity index (χ1v) is 10.6. The summed E-state index contributed by atoms with van der Waals surface area (Å²) in [6, 6.07) is 15.7. The fraction of sp³-hybridized carbons (Fsp3) is 0.480. The van der Waals surface area contributed by atoms with E-state index >= 15 is 0 Å². The summed E-state index contributed by atoms with van der Waals surface area (Å²) in [5.41, 5.74) is 2.49. The summed E-state index contributed by atoms with van der Waals surface area (Å²) in [6.07, 6.45) is 4.42. The smallest absolute Gasteiger partial charge is 0.316 e. The van der Waals surface area contributed by atoms with Crippen molar-refractivity contribution in [1.82, 2.24) is 0 Å². The largest absolute Gasteiger partial charge is 0.383 e. The highest BCUT2D eigenvalue weighted by Crippen LogP contribution is 2.38. The minimum Gasteiger partial charge on any atom is -0.316 e. The number of halogens is 2. The molecule has 29 heavy (non-hydrogen) atoms. The third-order valence-electron chi connectivity index (χ3n) is 6.02. The Bertz CT molecular complexity index is 800. The maximum atomic E-state index is 14.4. The van der Waals surface area contributed by atoms with Crippen LogP contribution in [0.1, 0.15) is 73.6 Å². The molecule has 0 amide bonds. The number of hydrogen-bond donors (Lipinski definition) is 0. The minimum atomic E-state index is -3.30. The van der Waals surface area contributed by atoms with Crippen LogP contribution in [0.3, 0.4) is 0 Å². The summed E-state index contributed by atoms with van der Waals surface area (Å²) in [5.74, 6) is 1.33. The fourth-order valence-electron chi connectivity index (χ4n) is 4.27. The van der Waals surface area contributed by atoms with Gasteiger partial charge in [0, 0.05) is 0 Å². The van der Waals surface area contributed by atoms with E-state index in [1.54, 1.807) is 24.3 Å². The van der Waals surface area contributed by atoms with Crippen LogP contribution in [0, 0.1) is 17.2 Å². The van der Waals surface area contributed by atoms with E-state index in [0.717, 1.165) is 29.9 Å². The van der Waals surface area contributed by atoms with E-state index in [-0.39, 0.29) is 12.2 Å². The Morgan fingerprint density at radius 1 is 1.00 bits per heavy atom. The van der Waals surface area contributed by atoms with Gasteiger partial charge in [0.15, 0.2) is 0 Å². The lowest BCUT2D eigenvalue weighted by molar-refractivity contribution is -0.248. The van der Waals surface area contributed by atoms with Crippen molar-refractivity contribution in [2.24, 2.45) is 5.92 Å². The van der Waals surface area contributed by atoms with Crippen molar-refractivity contribution in [2.45, 2.75) is 63.9 Å². The Balaban J connectivity index is 1.52. The molecule has 1 aliphatic rings. The van der Waals surface area contributed by atoms with Crippen molar-refractivity contribution in [1.29, 1.82) is 5.26 Å². The molecule has 1 saturated carbocycles. The van der Waals surface area contributed by atoms with Crippen molar-refractivity contribution in [3.63, 3.8) is 0 Å². The molecule has 4 heteroatoms. The number of nitrogens with zero attached hydrogens (tertiary/aromatic N) is 1. The molecular formula is C25H29F2NO. The molecule has 0 atom stereocenters. The highest BCUT2D eigenvalue weighted by Gasteiger charge is 2.33. The van der Waals surface area contributed by atoms with E-state index in [9.17, 15) is 8.78 Å². The van der Waals surface area contributed by atoms with E-state index in [1.807, 2.05) is 18.2 Å². The molecule has 0 spiro atoms. The molecule has 1 fully saturated rings. The van der Waals surface area contributed by atoms with Crippen LogP contribution in [0.5, 0.6) is 0 Å². The molecule has 0 N–H and O–H groups in total. The van der Waals surface area contributed by atoms with Gasteiger partial charge in [-0.05, 0) is 67.2 Å². The minimum absolute atomic E-state index is 0.0813. The van der Waals surface area contributed by atoms with Crippen LogP contribution in [0.15, 0.2) is 48.5 Å². The van der Waals surface area contributed by atoms with E-state index in [4.69, 9.17) is 10.00 Å². The lowest BCUT2D eigenvalue weighted by Crippen LogP contribution is -2.20. The summed E-state index contributed by atoms with van der Waals surface area (Å²) in [7, 11) is 0. The second-order valence-electron chi connectivity index (χ2n) is 8.05. The SMILES string of the molecule is CCC[C@H]1CC[C@H](c2ccc(C(F)(F)OCCc3ccc(C#N)cc3)cc2)CC1. The molecule has 0 saturated heterocycles. The predicted molar refractivity (Wildman–Crippen MR) is 111 cm³/mol. The van der Waals surface area contributed by atoms with E-state index in [2.05, 4.69) is 6.92 Å². The molecular weight excluding hydrogens is 368 g/mol. The van der Waals surface area contributed by atoms with Gasteiger partial charge in [0.1, 0.15) is 0 Å². The number of ether oxygens (including phenoxy) is 1. The average molecular weight is 398 g/mol. The number of hydrogen-bond acceptors (Lipinski definition) is 2. The fourth-order valence-corrected chi connectivity index (χ4v) is 4.27. The van der Waals surface area contributed by atoms with Gasteiger partial charge in [0.25, 0.3) is 0 Å². The Morgan fingerprint density at radius 2 is 1.66 bits per heavy atom. The van der Waals surface area contributed by atoms with Gasteiger partial charge in [0.2, 0.25) is 0 Å². The van der Waals surface area contributed by atoms with Crippen LogP contribution in [-0.4, -0.2) is 6.61 Å². The quantitative estimate of drug-likeness (QED) is 0.483. The molecule has 0 radical (unpaired) electrons. The van der Waals surface area contributed by atoms with Gasteiger partial charge < -0.3 is 4.74 Å². The summed E-state index contributed by atoms with van der Waals surface area (Å²) in [4.78, 5) is 0. The molecule has 3 rings (SSSR count). The zero-order valence-corrected chi connectivity index (χ0v) is 17.0. The zero-order chi connectivity index (χ0) is 20.7. The number of benzene rings is 2. The van der Waals surface area contributed by atoms with Gasteiger partial charge in [0.05, 0.1) is 23.8 Å². The van der Waals surface area contributed by atoms with Gasteiger partial charge in [-0.3, -0.25) is 0 Å². The van der Waals surface area contributed by atoms with Crippen LogP contribution in [-0.2, 0) is 17.3 Å². The molecule has 0 aromatic heterocycles. The first-order valence-electron chi connectivity index (χ1n) is 10.6. The normalized spacial score (nSPS) is 19.7. The third kappa shape index (κ3) is 5.87. The van der Waals surface area contributed by atoms with Crippen molar-refractivity contribution in [3.05, 3.63) is 70.8 Å². The number of nitriles is 1. The lowest BCUT2D eigenvalue weighted by atomic mass is 9.77. The maximum Gasteiger partial charge on any atom is 0.383 e. The lowest BCUT2D eigenvalue weighted by Gasteiger charge is -2.29. The van der Waals surface area contributed by atoms with Crippen molar-refractivity contribution >= 4 is 0 Å². The molecule has 2 aromatic rings. The Kier molecular flexibility index (Phi) is 7.39. The first-order chi connectivity index (χ1) is 14.0. The van der Waals surface area contributed by atoms with Gasteiger partial charge >= 0.3 is 6.11 Å². The second kappa shape index (κ2) is 9.98. The number of alkyl halides is 2. The predicted octanol–water partition coefficient (Wildman–Crippen LogP) is 6.94. The van der Waals surface area contributed by atoms with Gasteiger partial charge in [-0.1, -0.05) is 56.2 Å². The van der Waals surface area contributed by atoms with Gasteiger partial charge in [-0.2, -0.15) is 14.0 Å². The van der Waals surface area contributed by atoms with Gasteiger partial charge in [-0.15, -0.1) is 0 Å². The molecule has 2 aromatic carbocycles. The van der Waals surface area contributed by atoms with E-state index in [0.29, 0.717) is 17.9 Å². The van der Waals surface area contributed by atoms with Gasteiger partial charge in [-0.25, -0.2) is 0 Å². The number of rotatable bonds is 8. The summed E-state index contributed by atoms with van der Waals surface area (Å²) in [5, 5.41) is 8.80. The van der Waals surface area contributed by atoms with Crippen LogP contribution in [0.4, 0.5) is 8.78 Å².